The first-order chi connectivity index (χ1) is 13.5. The molecule has 8 heteroatoms. The van der Waals surface area contributed by atoms with Gasteiger partial charge < -0.3 is 14.6 Å². The Morgan fingerprint density at radius 3 is 2.57 bits per heavy atom. The quantitative estimate of drug-likeness (QED) is 0.504. The number of aromatic hydroxyl groups is 1. The Hall–Kier alpha value is -3.81. The van der Waals surface area contributed by atoms with Crippen LogP contribution in [0.3, 0.4) is 0 Å². The lowest BCUT2D eigenvalue weighted by molar-refractivity contribution is 0.0519. The van der Waals surface area contributed by atoms with Crippen LogP contribution < -0.4 is 10.3 Å². The van der Waals surface area contributed by atoms with E-state index < -0.39 is 11.5 Å². The summed E-state index contributed by atoms with van der Waals surface area (Å²) in [6, 6.07) is 13.2. The molecule has 0 saturated carbocycles. The summed E-state index contributed by atoms with van der Waals surface area (Å²) in [6.07, 6.45) is 1.24. The van der Waals surface area contributed by atoms with Gasteiger partial charge in [0.1, 0.15) is 17.2 Å². The molecule has 1 heterocycles. The molecule has 0 radical (unpaired) electrons. The molecular formula is C20H19N3O5. The van der Waals surface area contributed by atoms with Crippen molar-refractivity contribution in [1.82, 2.24) is 9.78 Å². The van der Waals surface area contributed by atoms with Crippen LogP contribution in [-0.4, -0.2) is 40.8 Å². The summed E-state index contributed by atoms with van der Waals surface area (Å²) in [5.41, 5.74) is 0.305. The highest BCUT2D eigenvalue weighted by Gasteiger charge is 2.21. The summed E-state index contributed by atoms with van der Waals surface area (Å²) in [6.45, 7) is 1.83. The first kappa shape index (κ1) is 19.0. The Morgan fingerprint density at radius 1 is 1.21 bits per heavy atom. The standard InChI is InChI=1S/C20H19N3O5/c1-3-28-20(26)18-15(12-21-16-6-4-5-7-17(16)24)19(25)23(22-18)13-8-10-14(27-2)11-9-13/h4-12,22,24H,3H2,1-2H3. The fourth-order valence-electron chi connectivity index (χ4n) is 2.55. The molecule has 0 bridgehead atoms. The summed E-state index contributed by atoms with van der Waals surface area (Å²) in [5.74, 6) is -0.0802. The molecule has 0 aliphatic heterocycles. The zero-order chi connectivity index (χ0) is 20.1. The molecule has 0 unspecified atom stereocenters. The summed E-state index contributed by atoms with van der Waals surface area (Å²) in [7, 11) is 1.54. The van der Waals surface area contributed by atoms with E-state index in [4.69, 9.17) is 9.47 Å². The number of hydrogen-bond donors (Lipinski definition) is 2. The van der Waals surface area contributed by atoms with Crippen LogP contribution in [0.4, 0.5) is 5.69 Å². The third-order valence-electron chi connectivity index (χ3n) is 3.95. The zero-order valence-corrected chi connectivity index (χ0v) is 15.4. The van der Waals surface area contributed by atoms with E-state index >= 15 is 0 Å². The molecule has 0 saturated heterocycles. The van der Waals surface area contributed by atoms with E-state index in [1.165, 1.54) is 17.0 Å². The van der Waals surface area contributed by atoms with Crippen molar-refractivity contribution in [3.8, 4) is 17.2 Å². The van der Waals surface area contributed by atoms with Crippen molar-refractivity contribution in [3.63, 3.8) is 0 Å². The van der Waals surface area contributed by atoms with E-state index in [0.29, 0.717) is 11.4 Å². The van der Waals surface area contributed by atoms with Gasteiger partial charge in [-0.3, -0.25) is 14.9 Å². The van der Waals surface area contributed by atoms with Crippen molar-refractivity contribution in [2.45, 2.75) is 6.92 Å². The van der Waals surface area contributed by atoms with Crippen molar-refractivity contribution in [1.29, 1.82) is 0 Å². The molecular weight excluding hydrogens is 362 g/mol. The van der Waals surface area contributed by atoms with E-state index in [0.717, 1.165) is 0 Å². The summed E-state index contributed by atoms with van der Waals surface area (Å²) in [4.78, 5) is 29.3. The van der Waals surface area contributed by atoms with Gasteiger partial charge in [-0.25, -0.2) is 9.48 Å². The maximum atomic E-state index is 12.9. The van der Waals surface area contributed by atoms with Crippen molar-refractivity contribution in [2.24, 2.45) is 4.99 Å². The highest BCUT2D eigenvalue weighted by Crippen LogP contribution is 2.24. The van der Waals surface area contributed by atoms with E-state index in [1.54, 1.807) is 56.5 Å². The first-order valence-electron chi connectivity index (χ1n) is 8.53. The largest absolute Gasteiger partial charge is 0.506 e. The van der Waals surface area contributed by atoms with Crippen LogP contribution in [0.1, 0.15) is 23.0 Å². The number of aromatic amines is 1. The second kappa shape index (κ2) is 8.26. The van der Waals surface area contributed by atoms with Crippen molar-refractivity contribution >= 4 is 17.9 Å². The molecule has 8 nitrogen and oxygen atoms in total. The minimum atomic E-state index is -0.675. The number of para-hydroxylation sites is 2. The summed E-state index contributed by atoms with van der Waals surface area (Å²) >= 11 is 0. The van der Waals surface area contributed by atoms with Crippen LogP contribution in [0.2, 0.25) is 0 Å². The average Bonchev–Trinajstić information content (AvgIpc) is 3.04. The van der Waals surface area contributed by atoms with Gasteiger partial charge in [0.15, 0.2) is 5.69 Å². The second-order valence-electron chi connectivity index (χ2n) is 5.71. The first-order valence-corrected chi connectivity index (χ1v) is 8.53. The summed E-state index contributed by atoms with van der Waals surface area (Å²) < 4.78 is 11.4. The Morgan fingerprint density at radius 2 is 1.93 bits per heavy atom. The molecule has 0 fully saturated rings. The fraction of sp³-hybridized carbons (Fsp3) is 0.150. The lowest BCUT2D eigenvalue weighted by Gasteiger charge is -2.03. The number of phenols is 1. The van der Waals surface area contributed by atoms with Gasteiger partial charge >= 0.3 is 5.97 Å². The monoisotopic (exact) mass is 381 g/mol. The number of aromatic nitrogens is 2. The maximum Gasteiger partial charge on any atom is 0.357 e. The topological polar surface area (TPSA) is 106 Å². The molecule has 3 rings (SSSR count). The Bertz CT molecular complexity index is 1060. The number of aliphatic imine (C=N–C) groups is 1. The number of carbonyl (C=O) groups excluding carboxylic acids is 1. The van der Waals surface area contributed by atoms with Crippen molar-refractivity contribution < 1.29 is 19.4 Å². The lowest BCUT2D eigenvalue weighted by atomic mass is 10.2. The number of carbonyl (C=O) groups is 1. The number of esters is 1. The highest BCUT2D eigenvalue weighted by molar-refractivity contribution is 5.98. The highest BCUT2D eigenvalue weighted by atomic mass is 16.5. The SMILES string of the molecule is CCOC(=O)c1[nH]n(-c2ccc(OC)cc2)c(=O)c1C=Nc1ccccc1O. The van der Waals surface area contributed by atoms with Gasteiger partial charge in [-0.1, -0.05) is 12.1 Å². The van der Waals surface area contributed by atoms with Gasteiger partial charge in [0.2, 0.25) is 0 Å². The van der Waals surface area contributed by atoms with Crippen LogP contribution in [-0.2, 0) is 4.74 Å². The van der Waals surface area contributed by atoms with Gasteiger partial charge in [-0.2, -0.15) is 0 Å². The Kier molecular flexibility index (Phi) is 5.59. The molecule has 3 aromatic rings. The number of benzene rings is 2. The normalized spacial score (nSPS) is 10.9. The molecule has 0 spiro atoms. The molecule has 2 N–H and O–H groups in total. The fourth-order valence-corrected chi connectivity index (χ4v) is 2.55. The van der Waals surface area contributed by atoms with Gasteiger partial charge in [-0.05, 0) is 43.3 Å². The predicted octanol–water partition coefficient (Wildman–Crippen LogP) is 2.81. The lowest BCUT2D eigenvalue weighted by Crippen LogP contribution is -2.17. The molecule has 28 heavy (non-hydrogen) atoms. The number of H-pyrrole nitrogens is 1. The third kappa shape index (κ3) is 3.80. The molecule has 1 aromatic heterocycles. The van der Waals surface area contributed by atoms with Crippen LogP contribution in [0.15, 0.2) is 58.3 Å². The second-order valence-corrected chi connectivity index (χ2v) is 5.71. The van der Waals surface area contributed by atoms with Crippen molar-refractivity contribution in [2.75, 3.05) is 13.7 Å². The molecule has 0 amide bonds. The molecule has 0 atom stereocenters. The molecule has 144 valence electrons. The van der Waals surface area contributed by atoms with Crippen molar-refractivity contribution in [3.05, 3.63) is 70.1 Å². The van der Waals surface area contributed by atoms with Crippen LogP contribution in [0.25, 0.3) is 5.69 Å². The van der Waals surface area contributed by atoms with E-state index in [9.17, 15) is 14.7 Å². The number of nitrogens with one attached hydrogen (secondary N) is 1. The van der Waals surface area contributed by atoms with Crippen LogP contribution in [0.5, 0.6) is 11.5 Å². The average molecular weight is 381 g/mol. The number of methoxy groups -OCH3 is 1. The number of nitrogens with zero attached hydrogens (tertiary/aromatic N) is 2. The molecule has 0 aliphatic carbocycles. The third-order valence-corrected chi connectivity index (χ3v) is 3.95. The van der Waals surface area contributed by atoms with Gasteiger partial charge in [0.05, 0.1) is 25.0 Å². The minimum absolute atomic E-state index is 0.0255. The molecule has 0 aliphatic rings. The molecule has 2 aromatic carbocycles. The van der Waals surface area contributed by atoms with Crippen LogP contribution >= 0.6 is 0 Å². The number of rotatable bonds is 6. The van der Waals surface area contributed by atoms with E-state index in [-0.39, 0.29) is 29.3 Å². The number of phenolic OH excluding ortho intramolecular Hbond substituents is 1. The smallest absolute Gasteiger partial charge is 0.357 e. The Labute approximate surface area is 160 Å². The minimum Gasteiger partial charge on any atom is -0.506 e. The van der Waals surface area contributed by atoms with Gasteiger partial charge in [0.25, 0.3) is 5.56 Å². The Balaban J connectivity index is 2.08. The van der Waals surface area contributed by atoms with Gasteiger partial charge in [-0.15, -0.1) is 0 Å². The maximum absolute atomic E-state index is 12.9. The van der Waals surface area contributed by atoms with E-state index in [2.05, 4.69) is 10.1 Å². The van der Waals surface area contributed by atoms with Gasteiger partial charge in [0, 0.05) is 6.21 Å². The van der Waals surface area contributed by atoms with E-state index in [1.807, 2.05) is 0 Å². The summed E-state index contributed by atoms with van der Waals surface area (Å²) in [5, 5.41) is 12.6. The number of hydrogen-bond acceptors (Lipinski definition) is 6. The van der Waals surface area contributed by atoms with Crippen LogP contribution in [0, 0.1) is 0 Å². The zero-order valence-electron chi connectivity index (χ0n) is 15.4. The number of ether oxygens (including phenoxy) is 2. The predicted molar refractivity (Wildman–Crippen MR) is 104 cm³/mol.